The quantitative estimate of drug-likeness (QED) is 0.425. The van der Waals surface area contributed by atoms with E-state index in [1.54, 1.807) is 39.8 Å². The van der Waals surface area contributed by atoms with E-state index in [-0.39, 0.29) is 17.7 Å². The summed E-state index contributed by atoms with van der Waals surface area (Å²) < 4.78 is 5.28. The number of carbonyl (C=O) groups excluding carboxylic acids is 3. The number of nitrogens with zero attached hydrogens (tertiary/aromatic N) is 1. The van der Waals surface area contributed by atoms with Crippen LogP contribution in [-0.2, 0) is 14.3 Å². The van der Waals surface area contributed by atoms with Gasteiger partial charge in [0.25, 0.3) is 0 Å². The molecule has 0 aliphatic heterocycles. The molecule has 1 aromatic carbocycles. The van der Waals surface area contributed by atoms with Gasteiger partial charge in [0.15, 0.2) is 0 Å². The maximum atomic E-state index is 13.5. The normalized spacial score (nSPS) is 14.0. The summed E-state index contributed by atoms with van der Waals surface area (Å²) in [7, 11) is 0. The second kappa shape index (κ2) is 13.1. The summed E-state index contributed by atoms with van der Waals surface area (Å²) in [5, 5.41) is 15.5. The van der Waals surface area contributed by atoms with Gasteiger partial charge < -0.3 is 25.4 Å². The summed E-state index contributed by atoms with van der Waals surface area (Å²) in [5.41, 5.74) is -0.202. The molecule has 0 saturated heterocycles. The summed E-state index contributed by atoms with van der Waals surface area (Å²) >= 11 is 0. The fourth-order valence-electron chi connectivity index (χ4n) is 3.38. The summed E-state index contributed by atoms with van der Waals surface area (Å²) in [6.45, 7) is 13.2. The Morgan fingerprint density at radius 3 is 2.33 bits per heavy atom. The number of alkyl carbamates (subject to hydrolysis) is 1. The Labute approximate surface area is 198 Å². The second-order valence-electron chi connectivity index (χ2n) is 9.37. The van der Waals surface area contributed by atoms with Gasteiger partial charge in [-0.15, -0.1) is 0 Å². The molecule has 186 valence electrons. The minimum atomic E-state index is -0.955. The van der Waals surface area contributed by atoms with Gasteiger partial charge in [-0.05, 0) is 65.2 Å². The minimum absolute atomic E-state index is 0.00719. The summed E-state index contributed by atoms with van der Waals surface area (Å²) in [5.74, 6) is -0.727. The van der Waals surface area contributed by atoms with E-state index in [0.29, 0.717) is 18.5 Å². The summed E-state index contributed by atoms with van der Waals surface area (Å²) in [6.07, 6.45) is 2.75. The van der Waals surface area contributed by atoms with Crippen LogP contribution in [0, 0.1) is 0 Å². The number of hydrogen-bond acceptors (Lipinski definition) is 5. The highest BCUT2D eigenvalue weighted by Gasteiger charge is 2.37. The van der Waals surface area contributed by atoms with E-state index in [1.807, 2.05) is 13.8 Å². The fourth-order valence-corrected chi connectivity index (χ4v) is 3.38. The molecule has 1 aromatic rings. The molecule has 8 heteroatoms. The highest BCUT2D eigenvalue weighted by molar-refractivity contribution is 5.92. The van der Waals surface area contributed by atoms with Crippen LogP contribution in [0.1, 0.15) is 85.8 Å². The zero-order valence-corrected chi connectivity index (χ0v) is 21.1. The average Bonchev–Trinajstić information content (AvgIpc) is 2.72. The van der Waals surface area contributed by atoms with E-state index in [9.17, 15) is 19.5 Å². The Hall–Kier alpha value is -2.77. The zero-order valence-electron chi connectivity index (χ0n) is 21.1. The third-order valence-electron chi connectivity index (χ3n) is 5.22. The first-order valence-electron chi connectivity index (χ1n) is 11.8. The lowest BCUT2D eigenvalue weighted by Gasteiger charge is -2.37. The van der Waals surface area contributed by atoms with Crippen LogP contribution >= 0.6 is 0 Å². The molecule has 8 nitrogen and oxygen atoms in total. The molecule has 0 aliphatic carbocycles. The van der Waals surface area contributed by atoms with Crippen molar-refractivity contribution >= 4 is 17.9 Å². The van der Waals surface area contributed by atoms with Crippen LogP contribution in [0.15, 0.2) is 24.3 Å². The molecule has 3 N–H and O–H groups in total. The van der Waals surface area contributed by atoms with Crippen molar-refractivity contribution in [2.75, 3.05) is 6.54 Å². The number of carbonyl (C=O) groups is 3. The first-order valence-corrected chi connectivity index (χ1v) is 11.8. The molecule has 3 unspecified atom stereocenters. The van der Waals surface area contributed by atoms with Crippen LogP contribution in [0.3, 0.4) is 0 Å². The van der Waals surface area contributed by atoms with Gasteiger partial charge >= 0.3 is 6.09 Å². The molecule has 0 saturated carbocycles. The predicted octanol–water partition coefficient (Wildman–Crippen LogP) is 4.28. The van der Waals surface area contributed by atoms with Crippen LogP contribution in [0.5, 0.6) is 5.75 Å². The van der Waals surface area contributed by atoms with E-state index >= 15 is 0 Å². The maximum Gasteiger partial charge on any atom is 0.408 e. The standard InChI is InChI=1S/C25H41N3O5/c1-8-10-11-15-26-22(30)21(19-13-12-14-20(29)16-19)28(17(3)9-2)23(31)18(4)27-24(32)33-25(5,6)7/h12-14,16-18,21,29H,8-11,15H2,1-7H3,(H,26,30)(H,27,32). The fraction of sp³-hybridized carbons (Fsp3) is 0.640. The molecule has 3 atom stereocenters. The lowest BCUT2D eigenvalue weighted by Crippen LogP contribution is -2.54. The maximum absolute atomic E-state index is 13.5. The van der Waals surface area contributed by atoms with Gasteiger partial charge in [0.2, 0.25) is 11.8 Å². The molecular weight excluding hydrogens is 422 g/mol. The number of rotatable bonds is 11. The lowest BCUT2D eigenvalue weighted by molar-refractivity contribution is -0.144. The Balaban J connectivity index is 3.26. The van der Waals surface area contributed by atoms with Gasteiger partial charge in [0.1, 0.15) is 23.4 Å². The van der Waals surface area contributed by atoms with Crippen LogP contribution in [0.4, 0.5) is 4.79 Å². The molecule has 0 heterocycles. The number of phenolic OH excluding ortho intramolecular Hbond substituents is 1. The van der Waals surface area contributed by atoms with Crippen LogP contribution in [0.25, 0.3) is 0 Å². The number of aromatic hydroxyl groups is 1. The van der Waals surface area contributed by atoms with Gasteiger partial charge in [-0.3, -0.25) is 9.59 Å². The molecule has 0 spiro atoms. The van der Waals surface area contributed by atoms with Crippen molar-refractivity contribution in [3.05, 3.63) is 29.8 Å². The summed E-state index contributed by atoms with van der Waals surface area (Å²) in [6, 6.07) is 4.20. The molecule has 0 fully saturated rings. The van der Waals surface area contributed by atoms with E-state index < -0.39 is 29.7 Å². The van der Waals surface area contributed by atoms with Crippen molar-refractivity contribution in [1.82, 2.24) is 15.5 Å². The SMILES string of the molecule is CCCCCNC(=O)C(c1cccc(O)c1)N(C(=O)C(C)NC(=O)OC(C)(C)C)C(C)CC. The first-order chi connectivity index (χ1) is 15.4. The number of nitrogens with one attached hydrogen (secondary N) is 2. The first kappa shape index (κ1) is 28.3. The number of amides is 3. The average molecular weight is 464 g/mol. The Kier molecular flexibility index (Phi) is 11.2. The highest BCUT2D eigenvalue weighted by Crippen LogP contribution is 2.28. The van der Waals surface area contributed by atoms with Crippen LogP contribution in [0.2, 0.25) is 0 Å². The number of phenols is 1. The molecular formula is C25H41N3O5. The predicted molar refractivity (Wildman–Crippen MR) is 129 cm³/mol. The van der Waals surface area contributed by atoms with Crippen molar-refractivity contribution in [1.29, 1.82) is 0 Å². The highest BCUT2D eigenvalue weighted by atomic mass is 16.6. The van der Waals surface area contributed by atoms with Gasteiger partial charge in [0, 0.05) is 12.6 Å². The Bertz CT molecular complexity index is 790. The van der Waals surface area contributed by atoms with Gasteiger partial charge in [-0.25, -0.2) is 4.79 Å². The van der Waals surface area contributed by atoms with E-state index in [0.717, 1.165) is 19.3 Å². The molecule has 0 aliphatic rings. The van der Waals surface area contributed by atoms with Crippen molar-refractivity contribution in [2.24, 2.45) is 0 Å². The Morgan fingerprint density at radius 1 is 1.12 bits per heavy atom. The van der Waals surface area contributed by atoms with E-state index in [2.05, 4.69) is 17.6 Å². The molecule has 3 amide bonds. The number of unbranched alkanes of at least 4 members (excludes halogenated alkanes) is 2. The zero-order chi connectivity index (χ0) is 25.2. The second-order valence-corrected chi connectivity index (χ2v) is 9.37. The number of benzene rings is 1. The van der Waals surface area contributed by atoms with Crippen molar-refractivity contribution in [3.63, 3.8) is 0 Å². The van der Waals surface area contributed by atoms with Crippen LogP contribution < -0.4 is 10.6 Å². The molecule has 0 aromatic heterocycles. The van der Waals surface area contributed by atoms with Gasteiger partial charge in [-0.2, -0.15) is 0 Å². The topological polar surface area (TPSA) is 108 Å². The smallest absolute Gasteiger partial charge is 0.408 e. The number of hydrogen-bond donors (Lipinski definition) is 3. The number of ether oxygens (including phenoxy) is 1. The third-order valence-corrected chi connectivity index (χ3v) is 5.22. The van der Waals surface area contributed by atoms with Crippen molar-refractivity contribution in [2.45, 2.75) is 97.9 Å². The van der Waals surface area contributed by atoms with E-state index in [4.69, 9.17) is 4.74 Å². The Morgan fingerprint density at radius 2 is 1.79 bits per heavy atom. The van der Waals surface area contributed by atoms with E-state index in [1.165, 1.54) is 17.0 Å². The van der Waals surface area contributed by atoms with Gasteiger partial charge in [0.05, 0.1) is 0 Å². The largest absolute Gasteiger partial charge is 0.508 e. The molecule has 33 heavy (non-hydrogen) atoms. The van der Waals surface area contributed by atoms with Crippen LogP contribution in [-0.4, -0.2) is 52.1 Å². The monoisotopic (exact) mass is 463 g/mol. The van der Waals surface area contributed by atoms with Crippen molar-refractivity contribution in [3.8, 4) is 5.75 Å². The third kappa shape index (κ3) is 9.32. The molecule has 1 rings (SSSR count). The molecule has 0 radical (unpaired) electrons. The van der Waals surface area contributed by atoms with Gasteiger partial charge in [-0.1, -0.05) is 38.8 Å². The molecule has 0 bridgehead atoms. The summed E-state index contributed by atoms with van der Waals surface area (Å²) in [4.78, 5) is 40.6. The van der Waals surface area contributed by atoms with Crippen molar-refractivity contribution < 1.29 is 24.2 Å². The lowest BCUT2D eigenvalue weighted by atomic mass is 10.00. The minimum Gasteiger partial charge on any atom is -0.508 e.